The molecule has 0 aliphatic carbocycles. The zero-order chi connectivity index (χ0) is 8.41. The van der Waals surface area contributed by atoms with Crippen LogP contribution in [-0.4, -0.2) is 21.2 Å². The van der Waals surface area contributed by atoms with Crippen LogP contribution in [-0.2, 0) is 13.5 Å². The summed E-state index contributed by atoms with van der Waals surface area (Å²) in [5.74, 6) is 0. The Labute approximate surface area is 59.4 Å². The van der Waals surface area contributed by atoms with E-state index < -0.39 is 22.1 Å². The van der Waals surface area contributed by atoms with Crippen LogP contribution >= 0.6 is 10.7 Å². The molecule has 0 heterocycles. The first-order valence-electron chi connectivity index (χ1n) is 1.86. The quantitative estimate of drug-likeness (QED) is 0.623. The van der Waals surface area contributed by atoms with E-state index in [9.17, 15) is 21.6 Å². The van der Waals surface area contributed by atoms with Gasteiger partial charge in [0.1, 0.15) is 0 Å². The minimum absolute atomic E-state index is 1.89. The standard InChI is InChI=1S/C2H2ClF3O3S/c3-10(7,8)9-1-2(4,5)6/h1H2. The van der Waals surface area contributed by atoms with Crippen molar-refractivity contribution in [2.24, 2.45) is 0 Å². The van der Waals surface area contributed by atoms with Gasteiger partial charge in [-0.3, -0.25) is 0 Å². The molecule has 0 saturated heterocycles. The molecule has 0 aliphatic rings. The zero-order valence-electron chi connectivity index (χ0n) is 4.35. The first-order valence-corrected chi connectivity index (χ1v) is 4.10. The van der Waals surface area contributed by atoms with Crippen molar-refractivity contribution < 1.29 is 25.8 Å². The molecule has 0 rings (SSSR count). The largest absolute Gasteiger partial charge is 0.413 e. The van der Waals surface area contributed by atoms with Gasteiger partial charge in [0.15, 0.2) is 6.61 Å². The second kappa shape index (κ2) is 2.93. The fourth-order valence-electron chi connectivity index (χ4n) is 0.137. The normalized spacial score (nSPS) is 13.6. The lowest BCUT2D eigenvalue weighted by Gasteiger charge is -2.02. The molecule has 0 amide bonds. The highest BCUT2D eigenvalue weighted by atomic mass is 35.7. The molecule has 62 valence electrons. The molecule has 0 aliphatic heterocycles. The third-order valence-corrected chi connectivity index (χ3v) is 1.03. The van der Waals surface area contributed by atoms with Crippen molar-refractivity contribution in [2.45, 2.75) is 6.18 Å². The van der Waals surface area contributed by atoms with E-state index in [-0.39, 0.29) is 0 Å². The minimum atomic E-state index is -4.68. The Morgan fingerprint density at radius 3 is 1.90 bits per heavy atom. The molecular weight excluding hydrogens is 197 g/mol. The summed E-state index contributed by atoms with van der Waals surface area (Å²) in [6, 6.07) is 0. The highest BCUT2D eigenvalue weighted by Crippen LogP contribution is 2.16. The molecule has 0 N–H and O–H groups in total. The maximum Gasteiger partial charge on any atom is 0.413 e. The Hall–Kier alpha value is -0.0100. The van der Waals surface area contributed by atoms with Gasteiger partial charge in [0.2, 0.25) is 0 Å². The number of halogens is 4. The SMILES string of the molecule is O=S(=O)(Cl)OCC(F)(F)F. The molecule has 0 unspecified atom stereocenters. The number of rotatable bonds is 2. The Morgan fingerprint density at radius 2 is 1.80 bits per heavy atom. The highest BCUT2D eigenvalue weighted by Gasteiger charge is 2.30. The number of hydrogen-bond acceptors (Lipinski definition) is 3. The van der Waals surface area contributed by atoms with Crippen LogP contribution in [0, 0.1) is 0 Å². The van der Waals surface area contributed by atoms with Gasteiger partial charge in [-0.05, 0) is 0 Å². The van der Waals surface area contributed by atoms with Crippen molar-refractivity contribution in [1.29, 1.82) is 0 Å². The molecule has 0 aromatic carbocycles. The van der Waals surface area contributed by atoms with Crippen LogP contribution in [0.3, 0.4) is 0 Å². The fraction of sp³-hybridized carbons (Fsp3) is 1.00. The van der Waals surface area contributed by atoms with E-state index in [1.165, 1.54) is 0 Å². The van der Waals surface area contributed by atoms with E-state index in [1.54, 1.807) is 0 Å². The second-order valence-corrected chi connectivity index (χ2v) is 3.43. The lowest BCUT2D eigenvalue weighted by molar-refractivity contribution is -0.152. The average Bonchev–Trinajstić information content (AvgIpc) is 1.57. The monoisotopic (exact) mass is 198 g/mol. The van der Waals surface area contributed by atoms with E-state index in [2.05, 4.69) is 14.9 Å². The van der Waals surface area contributed by atoms with Crippen LogP contribution in [0.25, 0.3) is 0 Å². The van der Waals surface area contributed by atoms with E-state index in [0.717, 1.165) is 0 Å². The van der Waals surface area contributed by atoms with E-state index in [1.807, 2.05) is 0 Å². The topological polar surface area (TPSA) is 43.4 Å². The summed E-state index contributed by atoms with van der Waals surface area (Å²) in [5, 5.41) is 0. The Bertz CT molecular complexity index is 194. The van der Waals surface area contributed by atoms with Crippen molar-refractivity contribution >= 4 is 20.0 Å². The van der Waals surface area contributed by atoms with Gasteiger partial charge in [-0.15, -0.1) is 0 Å². The van der Waals surface area contributed by atoms with Crippen LogP contribution in [0.15, 0.2) is 0 Å². The van der Waals surface area contributed by atoms with E-state index in [0.29, 0.717) is 0 Å². The maximum absolute atomic E-state index is 11.1. The lowest BCUT2D eigenvalue weighted by atomic mass is 10.7. The summed E-state index contributed by atoms with van der Waals surface area (Å²) in [7, 11) is -0.216. The summed E-state index contributed by atoms with van der Waals surface area (Å²) in [6.45, 7) is -1.89. The minimum Gasteiger partial charge on any atom is -0.248 e. The molecule has 0 bridgehead atoms. The molecule has 8 heteroatoms. The number of alkyl halides is 3. The van der Waals surface area contributed by atoms with Crippen molar-refractivity contribution in [1.82, 2.24) is 0 Å². The zero-order valence-corrected chi connectivity index (χ0v) is 5.92. The third kappa shape index (κ3) is 7.99. The molecule has 10 heavy (non-hydrogen) atoms. The summed E-state index contributed by atoms with van der Waals surface area (Å²) in [5.41, 5.74) is 0. The molecular formula is C2H2ClF3O3S. The maximum atomic E-state index is 11.1. The van der Waals surface area contributed by atoms with Gasteiger partial charge in [0, 0.05) is 10.7 Å². The van der Waals surface area contributed by atoms with Crippen molar-refractivity contribution in [2.75, 3.05) is 6.61 Å². The summed E-state index contributed by atoms with van der Waals surface area (Å²) in [6.07, 6.45) is -4.68. The predicted octanol–water partition coefficient (Wildman–Crippen LogP) is 1.05. The van der Waals surface area contributed by atoms with Gasteiger partial charge < -0.3 is 0 Å². The molecule has 0 atom stereocenters. The lowest BCUT2D eigenvalue weighted by Crippen LogP contribution is -2.18. The Kier molecular flexibility index (Phi) is 2.93. The van der Waals surface area contributed by atoms with Gasteiger partial charge in [0.25, 0.3) is 0 Å². The van der Waals surface area contributed by atoms with Crippen molar-refractivity contribution in [3.63, 3.8) is 0 Å². The summed E-state index contributed by atoms with van der Waals surface area (Å²) in [4.78, 5) is 0. The van der Waals surface area contributed by atoms with Crippen LogP contribution in [0.4, 0.5) is 13.2 Å². The first-order chi connectivity index (χ1) is 4.21. The van der Waals surface area contributed by atoms with Gasteiger partial charge in [-0.25, -0.2) is 4.18 Å². The van der Waals surface area contributed by atoms with Crippen LogP contribution < -0.4 is 0 Å². The highest BCUT2D eigenvalue weighted by molar-refractivity contribution is 8.09. The van der Waals surface area contributed by atoms with Gasteiger partial charge >= 0.3 is 15.5 Å². The molecule has 0 radical (unpaired) electrons. The van der Waals surface area contributed by atoms with Crippen LogP contribution in [0.1, 0.15) is 0 Å². The molecule has 0 fully saturated rings. The van der Waals surface area contributed by atoms with Crippen LogP contribution in [0.2, 0.25) is 0 Å². The third-order valence-electron chi connectivity index (χ3n) is 0.363. The molecule has 0 spiro atoms. The number of hydrogen-bond donors (Lipinski definition) is 0. The second-order valence-electron chi connectivity index (χ2n) is 1.27. The molecule has 3 nitrogen and oxygen atoms in total. The van der Waals surface area contributed by atoms with Gasteiger partial charge in [-0.2, -0.15) is 21.6 Å². The predicted molar refractivity (Wildman–Crippen MR) is 26.8 cm³/mol. The Balaban J connectivity index is 3.79. The summed E-state index contributed by atoms with van der Waals surface area (Å²) >= 11 is 0. The molecule has 0 saturated carbocycles. The fourth-order valence-corrected chi connectivity index (χ4v) is 0.545. The molecule has 0 aromatic rings. The van der Waals surface area contributed by atoms with Crippen molar-refractivity contribution in [3.8, 4) is 0 Å². The average molecular weight is 199 g/mol. The van der Waals surface area contributed by atoms with E-state index in [4.69, 9.17) is 0 Å². The summed E-state index contributed by atoms with van der Waals surface area (Å²) < 4.78 is 56.1. The van der Waals surface area contributed by atoms with Crippen molar-refractivity contribution in [3.05, 3.63) is 0 Å². The van der Waals surface area contributed by atoms with Gasteiger partial charge in [0.05, 0.1) is 0 Å². The molecule has 0 aromatic heterocycles. The van der Waals surface area contributed by atoms with Crippen LogP contribution in [0.5, 0.6) is 0 Å². The smallest absolute Gasteiger partial charge is 0.248 e. The first kappa shape index (κ1) is 9.99. The van der Waals surface area contributed by atoms with Gasteiger partial charge in [-0.1, -0.05) is 0 Å². The Morgan fingerprint density at radius 1 is 1.40 bits per heavy atom. The van der Waals surface area contributed by atoms with E-state index >= 15 is 0 Å².